The topological polar surface area (TPSA) is 84.0 Å². The number of carbonyl (C=O) groups excluding carboxylic acids is 1. The molecular weight excluding hydrogens is 344 g/mol. The molecule has 1 saturated carbocycles. The second kappa shape index (κ2) is 10.0. The molecule has 1 heterocycles. The fraction of sp³-hybridized carbons (Fsp3) is 0.600. The molecule has 1 aliphatic heterocycles. The molecule has 27 heavy (non-hydrogen) atoms. The quantitative estimate of drug-likeness (QED) is 0.387. The molecule has 1 amide bonds. The normalized spacial score (nSPS) is 16.9. The first-order valence-corrected chi connectivity index (χ1v) is 9.94. The SMILES string of the molecule is CCNC(=NCc1ccc2c(c1)OCO2)NCCNC(=O)C1CCCCC1. The zero-order valence-corrected chi connectivity index (χ0v) is 16.1. The molecule has 7 nitrogen and oxygen atoms in total. The van der Waals surface area contributed by atoms with E-state index in [9.17, 15) is 4.79 Å². The Kier molecular flexibility index (Phi) is 7.19. The van der Waals surface area contributed by atoms with E-state index in [1.807, 2.05) is 25.1 Å². The van der Waals surface area contributed by atoms with Crippen molar-refractivity contribution in [2.45, 2.75) is 45.6 Å². The molecule has 0 saturated heterocycles. The number of nitrogens with one attached hydrogen (secondary N) is 3. The summed E-state index contributed by atoms with van der Waals surface area (Å²) in [6.07, 6.45) is 5.66. The van der Waals surface area contributed by atoms with E-state index in [-0.39, 0.29) is 18.6 Å². The Hall–Kier alpha value is -2.44. The van der Waals surface area contributed by atoms with E-state index >= 15 is 0 Å². The van der Waals surface area contributed by atoms with E-state index in [0.29, 0.717) is 19.6 Å². The van der Waals surface area contributed by atoms with E-state index in [2.05, 4.69) is 20.9 Å². The molecule has 2 aliphatic rings. The van der Waals surface area contributed by atoms with E-state index < -0.39 is 0 Å². The molecule has 0 aromatic heterocycles. The second-order valence-electron chi connectivity index (χ2n) is 6.94. The molecule has 0 radical (unpaired) electrons. The lowest BCUT2D eigenvalue weighted by Gasteiger charge is -2.21. The Labute approximate surface area is 160 Å². The van der Waals surface area contributed by atoms with Crippen molar-refractivity contribution in [3.8, 4) is 11.5 Å². The molecule has 0 unspecified atom stereocenters. The van der Waals surface area contributed by atoms with Crippen LogP contribution in [0.25, 0.3) is 0 Å². The minimum absolute atomic E-state index is 0.193. The number of aliphatic imine (C=N–C) groups is 1. The van der Waals surface area contributed by atoms with Gasteiger partial charge in [0.2, 0.25) is 12.7 Å². The molecule has 1 fully saturated rings. The average Bonchev–Trinajstić information content (AvgIpc) is 3.17. The summed E-state index contributed by atoms with van der Waals surface area (Å²) in [5.74, 6) is 2.68. The van der Waals surface area contributed by atoms with E-state index in [1.165, 1.54) is 19.3 Å². The number of hydrogen-bond donors (Lipinski definition) is 3. The van der Waals surface area contributed by atoms with Crippen LogP contribution in [-0.2, 0) is 11.3 Å². The molecule has 1 aromatic rings. The predicted octanol–water partition coefficient (Wildman–Crippen LogP) is 2.17. The van der Waals surface area contributed by atoms with Gasteiger partial charge in [-0.3, -0.25) is 4.79 Å². The molecule has 7 heteroatoms. The molecule has 3 rings (SSSR count). The van der Waals surface area contributed by atoms with Crippen molar-refractivity contribution in [3.05, 3.63) is 23.8 Å². The number of fused-ring (bicyclic) bond motifs is 1. The molecule has 148 valence electrons. The van der Waals surface area contributed by atoms with Gasteiger partial charge < -0.3 is 25.4 Å². The van der Waals surface area contributed by atoms with Crippen LogP contribution in [0.3, 0.4) is 0 Å². The Morgan fingerprint density at radius 3 is 2.67 bits per heavy atom. The summed E-state index contributed by atoms with van der Waals surface area (Å²) >= 11 is 0. The van der Waals surface area contributed by atoms with E-state index in [1.54, 1.807) is 0 Å². The van der Waals surface area contributed by atoms with Crippen molar-refractivity contribution >= 4 is 11.9 Å². The largest absolute Gasteiger partial charge is 0.454 e. The van der Waals surface area contributed by atoms with Crippen LogP contribution in [0.5, 0.6) is 11.5 Å². The van der Waals surface area contributed by atoms with Crippen LogP contribution in [0, 0.1) is 5.92 Å². The zero-order valence-electron chi connectivity index (χ0n) is 16.1. The van der Waals surface area contributed by atoms with Crippen LogP contribution >= 0.6 is 0 Å². The summed E-state index contributed by atoms with van der Waals surface area (Å²) in [4.78, 5) is 16.8. The number of rotatable bonds is 7. The first-order valence-electron chi connectivity index (χ1n) is 9.94. The zero-order chi connectivity index (χ0) is 18.9. The van der Waals surface area contributed by atoms with Gasteiger partial charge in [-0.15, -0.1) is 0 Å². The average molecular weight is 374 g/mol. The van der Waals surface area contributed by atoms with Crippen molar-refractivity contribution in [1.82, 2.24) is 16.0 Å². The molecule has 0 atom stereocenters. The van der Waals surface area contributed by atoms with Crippen LogP contribution < -0.4 is 25.4 Å². The fourth-order valence-corrected chi connectivity index (χ4v) is 3.43. The third-order valence-electron chi connectivity index (χ3n) is 4.89. The van der Waals surface area contributed by atoms with Gasteiger partial charge in [0.25, 0.3) is 0 Å². The van der Waals surface area contributed by atoms with Gasteiger partial charge in [0, 0.05) is 25.6 Å². The Bertz CT molecular complexity index is 657. The van der Waals surface area contributed by atoms with Gasteiger partial charge >= 0.3 is 0 Å². The van der Waals surface area contributed by atoms with Crippen LogP contribution in [0.2, 0.25) is 0 Å². The molecule has 1 aliphatic carbocycles. The van der Waals surface area contributed by atoms with Crippen molar-refractivity contribution in [1.29, 1.82) is 0 Å². The molecule has 0 bridgehead atoms. The van der Waals surface area contributed by atoms with E-state index in [4.69, 9.17) is 9.47 Å². The summed E-state index contributed by atoms with van der Waals surface area (Å²) in [6, 6.07) is 5.86. The Morgan fingerprint density at radius 2 is 1.85 bits per heavy atom. The van der Waals surface area contributed by atoms with Crippen molar-refractivity contribution in [2.24, 2.45) is 10.9 Å². The maximum absolute atomic E-state index is 12.2. The summed E-state index contributed by atoms with van der Waals surface area (Å²) < 4.78 is 10.7. The highest BCUT2D eigenvalue weighted by Crippen LogP contribution is 2.32. The minimum atomic E-state index is 0.193. The van der Waals surface area contributed by atoms with Gasteiger partial charge in [0.05, 0.1) is 6.54 Å². The minimum Gasteiger partial charge on any atom is -0.454 e. The Morgan fingerprint density at radius 1 is 1.07 bits per heavy atom. The standard InChI is InChI=1S/C20H30N4O3/c1-2-21-20(23-11-10-22-19(25)16-6-4-3-5-7-16)24-13-15-8-9-17-18(12-15)27-14-26-17/h8-9,12,16H,2-7,10-11,13-14H2,1H3,(H,22,25)(H2,21,23,24). The third-order valence-corrected chi connectivity index (χ3v) is 4.89. The first kappa shape index (κ1) is 19.3. The molecule has 0 spiro atoms. The number of nitrogens with zero attached hydrogens (tertiary/aromatic N) is 1. The molecule has 1 aromatic carbocycles. The van der Waals surface area contributed by atoms with Gasteiger partial charge in [-0.1, -0.05) is 25.3 Å². The number of benzene rings is 1. The lowest BCUT2D eigenvalue weighted by Crippen LogP contribution is -2.42. The summed E-state index contributed by atoms with van der Waals surface area (Å²) in [6.45, 7) is 4.87. The van der Waals surface area contributed by atoms with Crippen LogP contribution in [0.1, 0.15) is 44.6 Å². The highest BCUT2D eigenvalue weighted by Gasteiger charge is 2.20. The van der Waals surface area contributed by atoms with Crippen molar-refractivity contribution in [3.63, 3.8) is 0 Å². The third kappa shape index (κ3) is 5.77. The number of ether oxygens (including phenoxy) is 2. The fourth-order valence-electron chi connectivity index (χ4n) is 3.43. The maximum Gasteiger partial charge on any atom is 0.231 e. The smallest absolute Gasteiger partial charge is 0.231 e. The summed E-state index contributed by atoms with van der Waals surface area (Å²) in [7, 11) is 0. The van der Waals surface area contributed by atoms with Gasteiger partial charge in [0.15, 0.2) is 17.5 Å². The first-order chi connectivity index (χ1) is 13.3. The van der Waals surface area contributed by atoms with Crippen LogP contribution in [-0.4, -0.2) is 38.3 Å². The van der Waals surface area contributed by atoms with Gasteiger partial charge in [-0.05, 0) is 37.5 Å². The number of hydrogen-bond acceptors (Lipinski definition) is 4. The highest BCUT2D eigenvalue weighted by atomic mass is 16.7. The van der Waals surface area contributed by atoms with Crippen LogP contribution in [0.15, 0.2) is 23.2 Å². The van der Waals surface area contributed by atoms with Crippen LogP contribution in [0.4, 0.5) is 0 Å². The van der Waals surface area contributed by atoms with Gasteiger partial charge in [-0.2, -0.15) is 0 Å². The lowest BCUT2D eigenvalue weighted by atomic mass is 9.89. The van der Waals surface area contributed by atoms with Gasteiger partial charge in [0.1, 0.15) is 0 Å². The number of guanidine groups is 1. The number of amides is 1. The summed E-state index contributed by atoms with van der Waals surface area (Å²) in [5.41, 5.74) is 1.06. The second-order valence-corrected chi connectivity index (χ2v) is 6.94. The molecular formula is C20H30N4O3. The highest BCUT2D eigenvalue weighted by molar-refractivity contribution is 5.80. The van der Waals surface area contributed by atoms with Crippen molar-refractivity contribution < 1.29 is 14.3 Å². The maximum atomic E-state index is 12.2. The lowest BCUT2D eigenvalue weighted by molar-refractivity contribution is -0.125. The van der Waals surface area contributed by atoms with E-state index in [0.717, 1.165) is 42.4 Å². The van der Waals surface area contributed by atoms with Crippen molar-refractivity contribution in [2.75, 3.05) is 26.4 Å². The predicted molar refractivity (Wildman–Crippen MR) is 105 cm³/mol. The molecule has 3 N–H and O–H groups in total. The monoisotopic (exact) mass is 374 g/mol. The summed E-state index contributed by atoms with van der Waals surface area (Å²) in [5, 5.41) is 9.53. The number of carbonyl (C=O) groups is 1. The van der Waals surface area contributed by atoms with Gasteiger partial charge in [-0.25, -0.2) is 4.99 Å². The Balaban J connectivity index is 1.42.